The van der Waals surface area contributed by atoms with Gasteiger partial charge in [0, 0.05) is 30.7 Å². The molecule has 1 fully saturated rings. The van der Waals surface area contributed by atoms with Gasteiger partial charge in [-0.15, -0.1) is 11.3 Å². The molecular weight excluding hydrogens is 425 g/mol. The molecule has 2 heterocycles. The van der Waals surface area contributed by atoms with Crippen LogP contribution in [0.4, 0.5) is 15.2 Å². The van der Waals surface area contributed by atoms with Gasteiger partial charge in [0.2, 0.25) is 0 Å². The molecule has 3 rings (SSSR count). The second-order valence-electron chi connectivity index (χ2n) is 6.69. The van der Waals surface area contributed by atoms with Crippen LogP contribution in [0.2, 0.25) is 5.02 Å². The molecule has 1 atom stereocenters. The smallest absolute Gasteiger partial charge is 0.266 e. The molecule has 1 aliphatic rings. The molecule has 1 aromatic heterocycles. The van der Waals surface area contributed by atoms with E-state index < -0.39 is 20.7 Å². The number of likely N-dealkylation sites (tertiary alicyclic amines) is 1. The number of nitrogens with zero attached hydrogens (tertiary/aromatic N) is 2. The average molecular weight is 448 g/mol. The van der Waals surface area contributed by atoms with Gasteiger partial charge in [-0.3, -0.25) is 4.72 Å². The molecule has 0 unspecified atom stereocenters. The summed E-state index contributed by atoms with van der Waals surface area (Å²) in [5.74, 6) is -0.873. The summed E-state index contributed by atoms with van der Waals surface area (Å²) >= 11 is 7.27. The highest BCUT2D eigenvalue weighted by atomic mass is 35.5. The van der Waals surface area contributed by atoms with E-state index in [-0.39, 0.29) is 16.2 Å². The van der Waals surface area contributed by atoms with Crippen molar-refractivity contribution in [2.75, 3.05) is 36.2 Å². The van der Waals surface area contributed by atoms with E-state index in [0.29, 0.717) is 12.2 Å². The van der Waals surface area contributed by atoms with Crippen LogP contribution < -0.4 is 15.8 Å². The fourth-order valence-corrected chi connectivity index (χ4v) is 5.23. The average Bonchev–Trinajstić information content (AvgIpc) is 3.28. The van der Waals surface area contributed by atoms with E-state index in [1.807, 2.05) is 0 Å². The van der Waals surface area contributed by atoms with Gasteiger partial charge in [-0.1, -0.05) is 11.6 Å². The monoisotopic (exact) mass is 447 g/mol. The number of aromatic nitrogens is 1. The van der Waals surface area contributed by atoms with Crippen LogP contribution >= 0.6 is 22.9 Å². The summed E-state index contributed by atoms with van der Waals surface area (Å²) in [7, 11) is -4.10. The van der Waals surface area contributed by atoms with Gasteiger partial charge >= 0.3 is 0 Å². The fourth-order valence-electron chi connectivity index (χ4n) is 3.06. The molecule has 0 radical (unpaired) electrons. The molecule has 1 aromatic carbocycles. The van der Waals surface area contributed by atoms with Gasteiger partial charge in [0.25, 0.3) is 10.0 Å². The first-order valence-corrected chi connectivity index (χ1v) is 11.7. The Kier molecular flexibility index (Phi) is 7.10. The van der Waals surface area contributed by atoms with Crippen LogP contribution in [0.25, 0.3) is 0 Å². The number of nitrogens with one attached hydrogen (secondary N) is 2. The molecule has 0 spiro atoms. The number of nitrogens with two attached hydrogens (primary N) is 1. The van der Waals surface area contributed by atoms with Crippen molar-refractivity contribution in [3.8, 4) is 0 Å². The van der Waals surface area contributed by atoms with E-state index in [0.717, 1.165) is 62.4 Å². The third-order valence-electron chi connectivity index (χ3n) is 4.49. The Balaban J connectivity index is 1.54. The minimum atomic E-state index is -4.10. The van der Waals surface area contributed by atoms with Gasteiger partial charge in [0.05, 0.1) is 10.7 Å². The minimum absolute atomic E-state index is 0.145. The first kappa shape index (κ1) is 21.3. The lowest BCUT2D eigenvalue weighted by Crippen LogP contribution is -2.27. The molecule has 1 saturated heterocycles. The lowest BCUT2D eigenvalue weighted by Gasteiger charge is -2.15. The van der Waals surface area contributed by atoms with Crippen LogP contribution in [0.15, 0.2) is 28.6 Å². The van der Waals surface area contributed by atoms with Crippen LogP contribution in [0.3, 0.4) is 0 Å². The maximum Gasteiger partial charge on any atom is 0.266 e. The summed E-state index contributed by atoms with van der Waals surface area (Å²) < 4.78 is 41.4. The maximum atomic E-state index is 14.4. The van der Waals surface area contributed by atoms with E-state index in [2.05, 4.69) is 19.9 Å². The molecule has 1 aliphatic heterocycles. The zero-order valence-corrected chi connectivity index (χ0v) is 17.6. The van der Waals surface area contributed by atoms with Crippen LogP contribution in [0.5, 0.6) is 0 Å². The molecule has 7 nitrogen and oxygen atoms in total. The minimum Gasteiger partial charge on any atom is -0.384 e. The highest BCUT2D eigenvalue weighted by molar-refractivity contribution is 7.93. The van der Waals surface area contributed by atoms with Crippen LogP contribution in [0, 0.1) is 5.82 Å². The van der Waals surface area contributed by atoms with Gasteiger partial charge in [-0.05, 0) is 44.5 Å². The largest absolute Gasteiger partial charge is 0.384 e. The molecule has 4 N–H and O–H groups in total. The molecule has 0 amide bonds. The summed E-state index contributed by atoms with van der Waals surface area (Å²) in [6, 6.07) is 2.50. The van der Waals surface area contributed by atoms with Gasteiger partial charge in [0.1, 0.15) is 10.7 Å². The van der Waals surface area contributed by atoms with E-state index in [4.69, 9.17) is 17.3 Å². The number of unbranched alkanes of at least 4 members (excludes halogenated alkanes) is 1. The summed E-state index contributed by atoms with van der Waals surface area (Å²) in [5, 5.41) is 5.00. The molecular formula is C17H23ClFN5O2S2. The highest BCUT2D eigenvalue weighted by Crippen LogP contribution is 2.29. The van der Waals surface area contributed by atoms with Gasteiger partial charge in [-0.2, -0.15) is 0 Å². The van der Waals surface area contributed by atoms with Crippen molar-refractivity contribution >= 4 is 43.8 Å². The van der Waals surface area contributed by atoms with Gasteiger partial charge in [-0.25, -0.2) is 17.8 Å². The first-order valence-electron chi connectivity index (χ1n) is 8.98. The van der Waals surface area contributed by atoms with E-state index in [9.17, 15) is 12.8 Å². The summed E-state index contributed by atoms with van der Waals surface area (Å²) in [6.45, 7) is 3.58. The summed E-state index contributed by atoms with van der Waals surface area (Å²) in [5.41, 5.74) is 6.26. The quantitative estimate of drug-likeness (QED) is 0.511. The van der Waals surface area contributed by atoms with E-state index in [1.165, 1.54) is 6.20 Å². The van der Waals surface area contributed by atoms with E-state index >= 15 is 0 Å². The highest BCUT2D eigenvalue weighted by Gasteiger charge is 2.22. The van der Waals surface area contributed by atoms with Gasteiger partial charge < -0.3 is 16.0 Å². The normalized spacial score (nSPS) is 17.8. The van der Waals surface area contributed by atoms with Crippen molar-refractivity contribution in [2.24, 2.45) is 5.73 Å². The standard InChI is InChI=1S/C17H23ClFN5O2S2/c18-13-9-16(28(25,26)23-17-22-5-8-27-17)14(19)10-15(13)21-4-1-2-6-24-7-3-12(20)11-24/h5,8-10,12,21H,1-4,6-7,11,20H2,(H,22,23)/t12-/m1/s1. The Morgan fingerprint density at radius 1 is 1.39 bits per heavy atom. The predicted molar refractivity (Wildman–Crippen MR) is 111 cm³/mol. The van der Waals surface area contributed by atoms with Crippen molar-refractivity contribution < 1.29 is 12.8 Å². The number of benzene rings is 1. The zero-order chi connectivity index (χ0) is 20.1. The van der Waals surface area contributed by atoms with Crippen molar-refractivity contribution in [3.05, 3.63) is 34.5 Å². The Hall–Kier alpha value is -1.46. The fraction of sp³-hybridized carbons (Fsp3) is 0.471. The topological polar surface area (TPSA) is 100 Å². The SMILES string of the molecule is N[C@@H]1CCN(CCCCNc2cc(F)c(S(=O)(=O)Nc3nccs3)cc2Cl)C1. The number of hydrogen-bond acceptors (Lipinski definition) is 7. The van der Waals surface area contributed by atoms with Crippen LogP contribution in [0.1, 0.15) is 19.3 Å². The number of thiazole rings is 1. The molecule has 0 bridgehead atoms. The van der Waals surface area contributed by atoms with Gasteiger partial charge in [0.15, 0.2) is 5.13 Å². The van der Waals surface area contributed by atoms with Crippen LogP contribution in [-0.2, 0) is 10.0 Å². The van der Waals surface area contributed by atoms with Crippen molar-refractivity contribution in [1.82, 2.24) is 9.88 Å². The zero-order valence-electron chi connectivity index (χ0n) is 15.2. The molecule has 2 aromatic rings. The first-order chi connectivity index (χ1) is 13.3. The second-order valence-corrected chi connectivity index (χ2v) is 9.64. The predicted octanol–water partition coefficient (Wildman–Crippen LogP) is 2.96. The Morgan fingerprint density at radius 2 is 2.21 bits per heavy atom. The Labute approximate surface area is 173 Å². The molecule has 28 heavy (non-hydrogen) atoms. The number of anilines is 2. The molecule has 0 aliphatic carbocycles. The summed E-state index contributed by atoms with van der Waals surface area (Å²) in [4.78, 5) is 5.67. The maximum absolute atomic E-state index is 14.4. The Morgan fingerprint density at radius 3 is 2.89 bits per heavy atom. The Bertz CT molecular complexity index is 895. The van der Waals surface area contributed by atoms with Crippen LogP contribution in [-0.4, -0.2) is 50.5 Å². The van der Waals surface area contributed by atoms with Crippen molar-refractivity contribution in [2.45, 2.75) is 30.2 Å². The molecule has 154 valence electrons. The van der Waals surface area contributed by atoms with Crippen molar-refractivity contribution in [1.29, 1.82) is 0 Å². The molecule has 11 heteroatoms. The van der Waals surface area contributed by atoms with Crippen molar-refractivity contribution in [3.63, 3.8) is 0 Å². The number of hydrogen-bond donors (Lipinski definition) is 3. The lowest BCUT2D eigenvalue weighted by molar-refractivity contribution is 0.327. The third kappa shape index (κ3) is 5.54. The third-order valence-corrected chi connectivity index (χ3v) is 6.97. The molecule has 0 saturated carbocycles. The second kappa shape index (κ2) is 9.36. The number of rotatable bonds is 9. The van der Waals surface area contributed by atoms with E-state index in [1.54, 1.807) is 5.38 Å². The lowest BCUT2D eigenvalue weighted by atomic mass is 10.2. The summed E-state index contributed by atoms with van der Waals surface area (Å²) in [6.07, 6.45) is 4.37. The number of halogens is 2. The number of sulfonamides is 1.